The number of benzene rings is 7. The maximum atomic E-state index is 5.31. The molecular weight excluding hydrogens is 611 g/mol. The summed E-state index contributed by atoms with van der Waals surface area (Å²) >= 11 is 0. The molecule has 0 aliphatic heterocycles. The van der Waals surface area contributed by atoms with E-state index in [-0.39, 0.29) is 0 Å². The molecular formula is C45H29N5. The molecule has 10 aromatic rings. The van der Waals surface area contributed by atoms with Crippen molar-refractivity contribution in [2.45, 2.75) is 0 Å². The van der Waals surface area contributed by atoms with Crippen LogP contribution < -0.4 is 0 Å². The van der Waals surface area contributed by atoms with Crippen LogP contribution in [-0.4, -0.2) is 24.1 Å². The summed E-state index contributed by atoms with van der Waals surface area (Å²) in [6.07, 6.45) is 0. The highest BCUT2D eigenvalue weighted by atomic mass is 15.2. The van der Waals surface area contributed by atoms with Crippen molar-refractivity contribution in [3.05, 3.63) is 176 Å². The Hall–Kier alpha value is -6.85. The lowest BCUT2D eigenvalue weighted by Crippen LogP contribution is -2.07. The van der Waals surface area contributed by atoms with Crippen molar-refractivity contribution in [1.29, 1.82) is 0 Å². The summed E-state index contributed by atoms with van der Waals surface area (Å²) in [6, 6.07) is 61.4. The summed E-state index contributed by atoms with van der Waals surface area (Å²) in [5.41, 5.74) is 9.55. The van der Waals surface area contributed by atoms with Crippen LogP contribution in [0.1, 0.15) is 0 Å². The topological polar surface area (TPSA) is 48.5 Å². The van der Waals surface area contributed by atoms with Crippen LogP contribution in [0.15, 0.2) is 176 Å². The van der Waals surface area contributed by atoms with Gasteiger partial charge in [0.15, 0.2) is 11.6 Å². The summed E-state index contributed by atoms with van der Waals surface area (Å²) in [5, 5.41) is 4.71. The predicted octanol–water partition coefficient (Wildman–Crippen LogP) is 11.1. The fourth-order valence-electron chi connectivity index (χ4n) is 7.42. The number of rotatable bonds is 5. The third-order valence-corrected chi connectivity index (χ3v) is 9.60. The maximum absolute atomic E-state index is 5.31. The fraction of sp³-hybridized carbons (Fsp3) is 0. The van der Waals surface area contributed by atoms with Crippen molar-refractivity contribution in [3.8, 4) is 45.5 Å². The Kier molecular flexibility index (Phi) is 6.42. The molecule has 0 saturated heterocycles. The van der Waals surface area contributed by atoms with Crippen LogP contribution in [0, 0.1) is 0 Å². The number of hydrogen-bond acceptors (Lipinski definition) is 3. The summed E-state index contributed by atoms with van der Waals surface area (Å²) in [7, 11) is 0. The molecule has 50 heavy (non-hydrogen) atoms. The summed E-state index contributed by atoms with van der Waals surface area (Å²) in [5.74, 6) is 1.80. The molecule has 0 amide bonds. The van der Waals surface area contributed by atoms with E-state index in [0.717, 1.165) is 49.7 Å². The third-order valence-electron chi connectivity index (χ3n) is 9.60. The van der Waals surface area contributed by atoms with Gasteiger partial charge in [-0.05, 0) is 35.9 Å². The first-order valence-corrected chi connectivity index (χ1v) is 16.8. The van der Waals surface area contributed by atoms with E-state index in [2.05, 4.69) is 167 Å². The summed E-state index contributed by atoms with van der Waals surface area (Å²) in [6.45, 7) is 0. The summed E-state index contributed by atoms with van der Waals surface area (Å²) in [4.78, 5) is 15.7. The molecule has 0 saturated carbocycles. The minimum Gasteiger partial charge on any atom is -0.308 e. The van der Waals surface area contributed by atoms with Crippen molar-refractivity contribution in [2.75, 3.05) is 0 Å². The molecule has 0 spiro atoms. The number of fused-ring (bicyclic) bond motifs is 6. The monoisotopic (exact) mass is 639 g/mol. The lowest BCUT2D eigenvalue weighted by molar-refractivity contribution is 0.951. The summed E-state index contributed by atoms with van der Waals surface area (Å²) < 4.78 is 4.55. The first kappa shape index (κ1) is 28.2. The quantitative estimate of drug-likeness (QED) is 0.188. The molecule has 5 nitrogen and oxygen atoms in total. The Morgan fingerprint density at radius 1 is 0.320 bits per heavy atom. The molecule has 0 N–H and O–H groups in total. The maximum Gasteiger partial charge on any atom is 0.238 e. The standard InChI is InChI=1S/C45H29N5/c1-3-16-30(17-4-1)32-24-15-25-36-35-22-9-11-26-38(35)49(42(32)36)41-29-14-10-23-37(41)44-46-43(31-18-5-2-6-19-31)47-45(48-44)50-39-27-12-7-20-33(39)34-21-8-13-28-40(34)50/h1-29H. The van der Waals surface area contributed by atoms with Crippen molar-refractivity contribution in [3.63, 3.8) is 0 Å². The highest BCUT2D eigenvalue weighted by Gasteiger charge is 2.22. The smallest absolute Gasteiger partial charge is 0.238 e. The lowest BCUT2D eigenvalue weighted by atomic mass is 10.0. The van der Waals surface area contributed by atoms with Gasteiger partial charge in [0, 0.05) is 38.2 Å². The Labute approximate surface area is 288 Å². The van der Waals surface area contributed by atoms with E-state index < -0.39 is 0 Å². The van der Waals surface area contributed by atoms with Gasteiger partial charge in [-0.25, -0.2) is 4.98 Å². The van der Waals surface area contributed by atoms with E-state index >= 15 is 0 Å². The van der Waals surface area contributed by atoms with E-state index in [4.69, 9.17) is 15.0 Å². The molecule has 0 unspecified atom stereocenters. The molecule has 0 atom stereocenters. The van der Waals surface area contributed by atoms with E-state index in [1.54, 1.807) is 0 Å². The zero-order chi connectivity index (χ0) is 33.0. The molecule has 7 aromatic carbocycles. The van der Waals surface area contributed by atoms with Crippen LogP contribution in [-0.2, 0) is 0 Å². The molecule has 0 aliphatic rings. The second kappa shape index (κ2) is 11.4. The molecule has 234 valence electrons. The van der Waals surface area contributed by atoms with Crippen molar-refractivity contribution < 1.29 is 0 Å². The number of para-hydroxylation sites is 5. The van der Waals surface area contributed by atoms with Gasteiger partial charge < -0.3 is 4.57 Å². The minimum atomic E-state index is 0.577. The van der Waals surface area contributed by atoms with E-state index in [1.807, 2.05) is 18.2 Å². The first-order chi connectivity index (χ1) is 24.8. The SMILES string of the molecule is c1ccc(-c2nc(-c3ccccc3-n3c4ccccc4c4cccc(-c5ccccc5)c43)nc(-n3c4ccccc4c4ccccc43)n2)cc1. The van der Waals surface area contributed by atoms with Gasteiger partial charge in [-0.2, -0.15) is 9.97 Å². The number of hydrogen-bond donors (Lipinski definition) is 0. The largest absolute Gasteiger partial charge is 0.308 e. The molecule has 10 rings (SSSR count). The van der Waals surface area contributed by atoms with Gasteiger partial charge in [-0.3, -0.25) is 4.57 Å². The Morgan fingerprint density at radius 2 is 0.800 bits per heavy atom. The highest BCUT2D eigenvalue weighted by molar-refractivity contribution is 6.14. The lowest BCUT2D eigenvalue weighted by Gasteiger charge is -2.16. The van der Waals surface area contributed by atoms with Crippen LogP contribution >= 0.6 is 0 Å². The average molecular weight is 640 g/mol. The van der Waals surface area contributed by atoms with Crippen molar-refractivity contribution >= 4 is 43.6 Å². The van der Waals surface area contributed by atoms with Gasteiger partial charge in [-0.15, -0.1) is 0 Å². The zero-order valence-electron chi connectivity index (χ0n) is 27.0. The van der Waals surface area contributed by atoms with Crippen molar-refractivity contribution in [2.24, 2.45) is 0 Å². The second-order valence-corrected chi connectivity index (χ2v) is 12.5. The number of aromatic nitrogens is 5. The molecule has 3 heterocycles. The Balaban J connectivity index is 1.29. The Morgan fingerprint density at radius 3 is 1.48 bits per heavy atom. The van der Waals surface area contributed by atoms with Gasteiger partial charge in [0.25, 0.3) is 0 Å². The Bertz CT molecular complexity index is 2810. The van der Waals surface area contributed by atoms with Crippen LogP contribution in [0.5, 0.6) is 0 Å². The second-order valence-electron chi connectivity index (χ2n) is 12.5. The molecule has 0 fully saturated rings. The van der Waals surface area contributed by atoms with E-state index in [1.165, 1.54) is 21.9 Å². The van der Waals surface area contributed by atoms with Crippen LogP contribution in [0.4, 0.5) is 0 Å². The predicted molar refractivity (Wildman–Crippen MR) is 205 cm³/mol. The van der Waals surface area contributed by atoms with E-state index in [9.17, 15) is 0 Å². The van der Waals surface area contributed by atoms with Gasteiger partial charge in [-0.1, -0.05) is 146 Å². The van der Waals surface area contributed by atoms with Gasteiger partial charge in [0.1, 0.15) is 0 Å². The van der Waals surface area contributed by atoms with Gasteiger partial charge >= 0.3 is 0 Å². The average Bonchev–Trinajstić information content (AvgIpc) is 3.72. The molecule has 3 aromatic heterocycles. The highest BCUT2D eigenvalue weighted by Crippen LogP contribution is 2.40. The third kappa shape index (κ3) is 4.37. The normalized spacial score (nSPS) is 11.6. The van der Waals surface area contributed by atoms with Crippen LogP contribution in [0.3, 0.4) is 0 Å². The molecule has 0 bridgehead atoms. The van der Waals surface area contributed by atoms with E-state index in [0.29, 0.717) is 17.6 Å². The van der Waals surface area contributed by atoms with Gasteiger partial charge in [0.05, 0.1) is 27.8 Å². The minimum absolute atomic E-state index is 0.577. The van der Waals surface area contributed by atoms with Crippen LogP contribution in [0.2, 0.25) is 0 Å². The van der Waals surface area contributed by atoms with Crippen LogP contribution in [0.25, 0.3) is 89.2 Å². The fourth-order valence-corrected chi connectivity index (χ4v) is 7.42. The number of nitrogens with zero attached hydrogens (tertiary/aromatic N) is 5. The molecule has 0 aliphatic carbocycles. The zero-order valence-corrected chi connectivity index (χ0v) is 27.0. The van der Waals surface area contributed by atoms with Crippen molar-refractivity contribution in [1.82, 2.24) is 24.1 Å². The first-order valence-electron chi connectivity index (χ1n) is 16.8. The molecule has 5 heteroatoms. The molecule has 0 radical (unpaired) electrons. The van der Waals surface area contributed by atoms with Gasteiger partial charge in [0.2, 0.25) is 5.95 Å².